The summed E-state index contributed by atoms with van der Waals surface area (Å²) < 4.78 is 0.306. The van der Waals surface area contributed by atoms with Crippen molar-refractivity contribution in [3.63, 3.8) is 0 Å². The van der Waals surface area contributed by atoms with Crippen molar-refractivity contribution in [1.82, 2.24) is 0 Å². The van der Waals surface area contributed by atoms with Gasteiger partial charge in [0, 0.05) is 6.42 Å². The second-order valence-corrected chi connectivity index (χ2v) is 6.89. The Morgan fingerprint density at radius 3 is 1.70 bits per heavy atom. The standard InChI is InChI=1S/C18H33IO/c1-2-3-4-5-6-7-8-9-10-11-12-13-14-15-16-17-18(19)20/h9-10H,2-8,11-17H2,1H3. The molecule has 118 valence electrons. The van der Waals surface area contributed by atoms with Crippen LogP contribution in [0.2, 0.25) is 0 Å². The number of hydrogen-bond donors (Lipinski definition) is 0. The molecule has 20 heavy (non-hydrogen) atoms. The van der Waals surface area contributed by atoms with Crippen molar-refractivity contribution < 1.29 is 4.79 Å². The number of unbranched alkanes of at least 4 members (excludes halogenated alkanes) is 11. The van der Waals surface area contributed by atoms with Gasteiger partial charge in [0.2, 0.25) is 0 Å². The fourth-order valence-corrected chi connectivity index (χ4v) is 2.72. The van der Waals surface area contributed by atoms with Crippen LogP contribution < -0.4 is 0 Å². The van der Waals surface area contributed by atoms with E-state index in [2.05, 4.69) is 19.1 Å². The molecule has 2 heteroatoms. The predicted molar refractivity (Wildman–Crippen MR) is 98.5 cm³/mol. The third-order valence-electron chi connectivity index (χ3n) is 3.64. The van der Waals surface area contributed by atoms with Crippen molar-refractivity contribution in [2.24, 2.45) is 0 Å². The van der Waals surface area contributed by atoms with Gasteiger partial charge in [-0.15, -0.1) is 0 Å². The lowest BCUT2D eigenvalue weighted by molar-refractivity contribution is -0.109. The van der Waals surface area contributed by atoms with Crippen molar-refractivity contribution in [2.45, 2.75) is 96.8 Å². The predicted octanol–water partition coefficient (Wildman–Crippen LogP) is 6.99. The van der Waals surface area contributed by atoms with E-state index in [-0.39, 0.29) is 0 Å². The highest BCUT2D eigenvalue weighted by atomic mass is 127. The first-order valence-corrected chi connectivity index (χ1v) is 9.68. The third-order valence-corrected chi connectivity index (χ3v) is 4.17. The Morgan fingerprint density at radius 1 is 0.750 bits per heavy atom. The lowest BCUT2D eigenvalue weighted by atomic mass is 10.1. The summed E-state index contributed by atoms with van der Waals surface area (Å²) in [7, 11) is 0. The monoisotopic (exact) mass is 392 g/mol. The highest BCUT2D eigenvalue weighted by Gasteiger charge is 1.95. The topological polar surface area (TPSA) is 17.1 Å². The lowest BCUT2D eigenvalue weighted by Gasteiger charge is -1.99. The average Bonchev–Trinajstić information content (AvgIpc) is 2.43. The van der Waals surface area contributed by atoms with Crippen LogP contribution in [0.1, 0.15) is 96.8 Å². The SMILES string of the molecule is CCCCCCCCC=CCCCCCCCC(=O)I. The quantitative estimate of drug-likeness (QED) is 0.127. The maximum atomic E-state index is 10.8. The second-order valence-electron chi connectivity index (χ2n) is 5.69. The molecule has 0 aromatic heterocycles. The van der Waals surface area contributed by atoms with Gasteiger partial charge in [-0.3, -0.25) is 4.79 Å². The molecule has 0 radical (unpaired) electrons. The van der Waals surface area contributed by atoms with Gasteiger partial charge < -0.3 is 0 Å². The van der Waals surface area contributed by atoms with Gasteiger partial charge in [0.25, 0.3) is 0 Å². The maximum Gasteiger partial charge on any atom is 0.192 e. The third kappa shape index (κ3) is 18.1. The fraction of sp³-hybridized carbons (Fsp3) is 0.833. The number of carbonyl (C=O) groups is 1. The molecule has 0 aromatic carbocycles. The molecule has 0 unspecified atom stereocenters. The number of hydrogen-bond acceptors (Lipinski definition) is 1. The first kappa shape index (κ1) is 20.1. The van der Waals surface area contributed by atoms with E-state index in [0.29, 0.717) is 3.79 Å². The van der Waals surface area contributed by atoms with Crippen LogP contribution >= 0.6 is 22.6 Å². The Kier molecular flexibility index (Phi) is 17.3. The molecule has 0 aliphatic rings. The Morgan fingerprint density at radius 2 is 1.20 bits per heavy atom. The summed E-state index contributed by atoms with van der Waals surface area (Å²) in [6, 6.07) is 0. The van der Waals surface area contributed by atoms with Crippen molar-refractivity contribution in [2.75, 3.05) is 0 Å². The summed E-state index contributed by atoms with van der Waals surface area (Å²) in [4.78, 5) is 10.8. The summed E-state index contributed by atoms with van der Waals surface area (Å²) in [6.45, 7) is 2.27. The van der Waals surface area contributed by atoms with Gasteiger partial charge in [0.05, 0.1) is 0 Å². The van der Waals surface area contributed by atoms with Crippen LogP contribution in [0.3, 0.4) is 0 Å². The van der Waals surface area contributed by atoms with Crippen LogP contribution in [0.4, 0.5) is 0 Å². The summed E-state index contributed by atoms with van der Waals surface area (Å²) >= 11 is 1.89. The van der Waals surface area contributed by atoms with Gasteiger partial charge in [-0.25, -0.2) is 0 Å². The summed E-state index contributed by atoms with van der Waals surface area (Å²) in [5, 5.41) is 0. The van der Waals surface area contributed by atoms with Gasteiger partial charge in [-0.1, -0.05) is 70.4 Å². The van der Waals surface area contributed by atoms with Crippen LogP contribution in [0.5, 0.6) is 0 Å². The van der Waals surface area contributed by atoms with Gasteiger partial charge in [-0.05, 0) is 54.7 Å². The van der Waals surface area contributed by atoms with Gasteiger partial charge in [0.15, 0.2) is 3.79 Å². The molecule has 0 aromatic rings. The van der Waals surface area contributed by atoms with E-state index >= 15 is 0 Å². The molecule has 0 saturated heterocycles. The van der Waals surface area contributed by atoms with E-state index in [1.807, 2.05) is 22.6 Å². The molecule has 0 aliphatic heterocycles. The minimum atomic E-state index is 0.306. The first-order chi connectivity index (χ1) is 9.77. The molecule has 0 N–H and O–H groups in total. The molecule has 0 spiro atoms. The summed E-state index contributed by atoms with van der Waals surface area (Å²) in [6.07, 6.45) is 22.6. The number of rotatable bonds is 15. The van der Waals surface area contributed by atoms with Crippen molar-refractivity contribution in [1.29, 1.82) is 0 Å². The van der Waals surface area contributed by atoms with Gasteiger partial charge in [-0.2, -0.15) is 0 Å². The molecule has 0 bridgehead atoms. The molecule has 0 heterocycles. The largest absolute Gasteiger partial charge is 0.288 e. The van der Waals surface area contributed by atoms with Crippen LogP contribution in [-0.2, 0) is 4.79 Å². The van der Waals surface area contributed by atoms with E-state index in [0.717, 1.165) is 12.8 Å². The van der Waals surface area contributed by atoms with Crippen LogP contribution in [0.25, 0.3) is 0 Å². The van der Waals surface area contributed by atoms with Crippen LogP contribution in [0, 0.1) is 0 Å². The summed E-state index contributed by atoms with van der Waals surface area (Å²) in [5.74, 6) is 0. The number of carbonyl (C=O) groups excluding carboxylic acids is 1. The van der Waals surface area contributed by atoms with Gasteiger partial charge >= 0.3 is 0 Å². The lowest BCUT2D eigenvalue weighted by Crippen LogP contribution is -1.85. The van der Waals surface area contributed by atoms with E-state index in [4.69, 9.17) is 0 Å². The second kappa shape index (κ2) is 17.2. The fourth-order valence-electron chi connectivity index (χ4n) is 2.33. The highest BCUT2D eigenvalue weighted by Crippen LogP contribution is 2.10. The Labute approximate surface area is 140 Å². The minimum absolute atomic E-state index is 0.306. The molecular formula is C18H33IO. The molecule has 0 atom stereocenters. The molecule has 0 fully saturated rings. The molecular weight excluding hydrogens is 359 g/mol. The molecule has 0 amide bonds. The van der Waals surface area contributed by atoms with Crippen LogP contribution in [-0.4, -0.2) is 3.79 Å². The zero-order valence-electron chi connectivity index (χ0n) is 13.3. The van der Waals surface area contributed by atoms with E-state index in [9.17, 15) is 4.79 Å². The minimum Gasteiger partial charge on any atom is -0.288 e. The number of allylic oxidation sites excluding steroid dienone is 2. The first-order valence-electron chi connectivity index (χ1n) is 8.60. The Bertz CT molecular complexity index is 236. The van der Waals surface area contributed by atoms with Crippen molar-refractivity contribution in [3.8, 4) is 0 Å². The average molecular weight is 392 g/mol. The van der Waals surface area contributed by atoms with Crippen molar-refractivity contribution >= 4 is 26.4 Å². The molecule has 0 saturated carbocycles. The van der Waals surface area contributed by atoms with Crippen molar-refractivity contribution in [3.05, 3.63) is 12.2 Å². The van der Waals surface area contributed by atoms with E-state index in [1.165, 1.54) is 77.0 Å². The Hall–Kier alpha value is 0.140. The molecule has 1 nitrogen and oxygen atoms in total. The van der Waals surface area contributed by atoms with E-state index in [1.54, 1.807) is 0 Å². The highest BCUT2D eigenvalue weighted by molar-refractivity contribution is 14.1. The maximum absolute atomic E-state index is 10.8. The van der Waals surface area contributed by atoms with Crippen LogP contribution in [0.15, 0.2) is 12.2 Å². The number of halogens is 1. The van der Waals surface area contributed by atoms with Gasteiger partial charge in [0.1, 0.15) is 0 Å². The normalized spacial score (nSPS) is 11.3. The zero-order valence-corrected chi connectivity index (χ0v) is 15.5. The Balaban J connectivity index is 3.07. The smallest absolute Gasteiger partial charge is 0.192 e. The van der Waals surface area contributed by atoms with E-state index < -0.39 is 0 Å². The molecule has 0 rings (SSSR count). The molecule has 0 aliphatic carbocycles. The zero-order chi connectivity index (χ0) is 14.9. The summed E-state index contributed by atoms with van der Waals surface area (Å²) in [5.41, 5.74) is 0.